The summed E-state index contributed by atoms with van der Waals surface area (Å²) in [7, 11) is 0. The van der Waals surface area contributed by atoms with Crippen molar-refractivity contribution in [2.45, 2.75) is 25.6 Å². The monoisotopic (exact) mass is 376 g/mol. The number of ether oxygens (including phenoxy) is 1. The lowest BCUT2D eigenvalue weighted by Gasteiger charge is -2.24. The largest absolute Gasteiger partial charge is 0.494 e. The molecule has 0 heterocycles. The van der Waals surface area contributed by atoms with Gasteiger partial charge in [-0.25, -0.2) is 0 Å². The fourth-order valence-electron chi connectivity index (χ4n) is 2.44. The second-order valence-electron chi connectivity index (χ2n) is 5.94. The van der Waals surface area contributed by atoms with Crippen LogP contribution < -0.4 is 4.74 Å². The molecule has 0 bridgehead atoms. The van der Waals surface area contributed by atoms with Gasteiger partial charge in [0.05, 0.1) is 18.2 Å². The number of nitriles is 1. The zero-order valence-electron chi connectivity index (χ0n) is 14.6. The lowest BCUT2D eigenvalue weighted by atomic mass is 10.1. The van der Waals surface area contributed by atoms with Gasteiger partial charge in [0.25, 0.3) is 0 Å². The van der Waals surface area contributed by atoms with E-state index >= 15 is 0 Å². The van der Waals surface area contributed by atoms with E-state index < -0.39 is 18.6 Å². The van der Waals surface area contributed by atoms with E-state index in [2.05, 4.69) is 0 Å². The highest BCUT2D eigenvalue weighted by atomic mass is 19.4. The van der Waals surface area contributed by atoms with Crippen LogP contribution in [0.2, 0.25) is 0 Å². The Labute approximate surface area is 155 Å². The predicted octanol–water partition coefficient (Wildman–Crippen LogP) is 4.31. The number of nitrogens with zero attached hydrogens (tertiary/aromatic N) is 2. The Kier molecular flexibility index (Phi) is 7.24. The van der Waals surface area contributed by atoms with Gasteiger partial charge >= 0.3 is 6.18 Å². The van der Waals surface area contributed by atoms with Crippen LogP contribution >= 0.6 is 0 Å². The van der Waals surface area contributed by atoms with Gasteiger partial charge in [-0.2, -0.15) is 18.4 Å². The summed E-state index contributed by atoms with van der Waals surface area (Å²) in [6.45, 7) is -1.23. The first kappa shape index (κ1) is 20.3. The molecule has 2 aromatic carbocycles. The van der Waals surface area contributed by atoms with E-state index in [1.165, 1.54) is 12.1 Å². The van der Waals surface area contributed by atoms with E-state index in [1.807, 2.05) is 24.3 Å². The molecule has 0 spiro atoms. The van der Waals surface area contributed by atoms with E-state index in [0.29, 0.717) is 23.3 Å². The summed E-state index contributed by atoms with van der Waals surface area (Å²) in [5.41, 5.74) is 0.942. The maximum absolute atomic E-state index is 12.8. The Morgan fingerprint density at radius 3 is 2.33 bits per heavy atom. The quantitative estimate of drug-likeness (QED) is 0.645. The third-order valence-electron chi connectivity index (χ3n) is 3.73. The smallest absolute Gasteiger partial charge is 0.406 e. The Balaban J connectivity index is 1.91. The summed E-state index contributed by atoms with van der Waals surface area (Å²) in [6.07, 6.45) is -4.21. The maximum atomic E-state index is 12.8. The Morgan fingerprint density at radius 1 is 1.07 bits per heavy atom. The normalized spacial score (nSPS) is 10.9. The summed E-state index contributed by atoms with van der Waals surface area (Å²) in [5, 5.41) is 8.78. The molecule has 27 heavy (non-hydrogen) atoms. The minimum Gasteiger partial charge on any atom is -0.494 e. The number of carbonyl (C=O) groups is 1. The van der Waals surface area contributed by atoms with Gasteiger partial charge in [-0.1, -0.05) is 30.3 Å². The second kappa shape index (κ2) is 9.62. The third-order valence-corrected chi connectivity index (χ3v) is 3.73. The number of carbonyl (C=O) groups excluding carboxylic acids is 1. The van der Waals surface area contributed by atoms with Crippen molar-refractivity contribution in [3.63, 3.8) is 0 Å². The Bertz CT molecular complexity index is 769. The molecule has 0 aromatic heterocycles. The molecular formula is C20H19F3N2O2. The third kappa shape index (κ3) is 7.40. The average molecular weight is 376 g/mol. The number of rotatable bonds is 8. The van der Waals surface area contributed by atoms with Gasteiger partial charge < -0.3 is 9.64 Å². The molecule has 0 radical (unpaired) electrons. The van der Waals surface area contributed by atoms with E-state index in [0.717, 1.165) is 4.90 Å². The zero-order valence-corrected chi connectivity index (χ0v) is 14.6. The summed E-state index contributed by atoms with van der Waals surface area (Å²) >= 11 is 0. The van der Waals surface area contributed by atoms with E-state index in [1.54, 1.807) is 24.3 Å². The molecular weight excluding hydrogens is 357 g/mol. The first-order chi connectivity index (χ1) is 12.9. The first-order valence-corrected chi connectivity index (χ1v) is 8.39. The van der Waals surface area contributed by atoms with Crippen molar-refractivity contribution in [2.75, 3.05) is 13.2 Å². The predicted molar refractivity (Wildman–Crippen MR) is 93.8 cm³/mol. The van der Waals surface area contributed by atoms with Crippen molar-refractivity contribution in [1.82, 2.24) is 4.90 Å². The van der Waals surface area contributed by atoms with Gasteiger partial charge in [-0.15, -0.1) is 0 Å². The van der Waals surface area contributed by atoms with Crippen molar-refractivity contribution >= 4 is 5.91 Å². The Hall–Kier alpha value is -3.01. The molecule has 0 atom stereocenters. The molecule has 0 saturated heterocycles. The number of para-hydroxylation sites is 1. The second-order valence-corrected chi connectivity index (χ2v) is 5.94. The molecule has 142 valence electrons. The van der Waals surface area contributed by atoms with Crippen LogP contribution in [0.4, 0.5) is 13.2 Å². The van der Waals surface area contributed by atoms with E-state index in [4.69, 9.17) is 10.00 Å². The highest BCUT2D eigenvalue weighted by molar-refractivity contribution is 5.76. The minimum absolute atomic E-state index is 0.0425. The van der Waals surface area contributed by atoms with Crippen LogP contribution in [-0.4, -0.2) is 30.1 Å². The average Bonchev–Trinajstić information content (AvgIpc) is 2.65. The molecule has 0 N–H and O–H groups in total. The molecule has 1 amide bonds. The molecule has 0 aliphatic heterocycles. The van der Waals surface area contributed by atoms with Crippen LogP contribution in [0.1, 0.15) is 24.0 Å². The fraction of sp³-hybridized carbons (Fsp3) is 0.300. The van der Waals surface area contributed by atoms with Crippen molar-refractivity contribution in [1.29, 1.82) is 5.26 Å². The van der Waals surface area contributed by atoms with Crippen molar-refractivity contribution in [3.8, 4) is 11.8 Å². The van der Waals surface area contributed by atoms with E-state index in [9.17, 15) is 18.0 Å². The van der Waals surface area contributed by atoms with Crippen LogP contribution in [0.3, 0.4) is 0 Å². The zero-order chi connectivity index (χ0) is 19.7. The number of alkyl halides is 3. The highest BCUT2D eigenvalue weighted by Crippen LogP contribution is 2.19. The maximum Gasteiger partial charge on any atom is 0.406 e. The van der Waals surface area contributed by atoms with Crippen LogP contribution in [0, 0.1) is 11.3 Å². The molecule has 0 aliphatic carbocycles. The standard InChI is InChI=1S/C20H19F3N2O2/c21-20(22,23)15-25(14-17-10-8-16(13-24)9-11-17)19(26)7-4-12-27-18-5-2-1-3-6-18/h1-3,5-6,8-11H,4,7,12,14-15H2. The number of benzene rings is 2. The van der Waals surface area contributed by atoms with Gasteiger partial charge in [0.1, 0.15) is 12.3 Å². The number of hydrogen-bond donors (Lipinski definition) is 0. The summed E-state index contributed by atoms with van der Waals surface area (Å²) < 4.78 is 44.0. The number of halogens is 3. The summed E-state index contributed by atoms with van der Waals surface area (Å²) in [6, 6.07) is 17.1. The molecule has 4 nitrogen and oxygen atoms in total. The molecule has 0 aliphatic rings. The van der Waals surface area contributed by atoms with Crippen molar-refractivity contribution < 1.29 is 22.7 Å². The van der Waals surface area contributed by atoms with Crippen LogP contribution in [-0.2, 0) is 11.3 Å². The topological polar surface area (TPSA) is 53.3 Å². The molecule has 0 saturated carbocycles. The molecule has 2 rings (SSSR count). The van der Waals surface area contributed by atoms with Gasteiger partial charge in [-0.05, 0) is 36.2 Å². The van der Waals surface area contributed by atoms with Gasteiger partial charge in [0.15, 0.2) is 0 Å². The van der Waals surface area contributed by atoms with Gasteiger partial charge in [-0.3, -0.25) is 4.79 Å². The van der Waals surface area contributed by atoms with Crippen LogP contribution in [0.15, 0.2) is 54.6 Å². The highest BCUT2D eigenvalue weighted by Gasteiger charge is 2.32. The Morgan fingerprint density at radius 2 is 1.74 bits per heavy atom. The first-order valence-electron chi connectivity index (χ1n) is 8.39. The van der Waals surface area contributed by atoms with Crippen molar-refractivity contribution in [3.05, 3.63) is 65.7 Å². The lowest BCUT2D eigenvalue weighted by Crippen LogP contribution is -2.38. The van der Waals surface area contributed by atoms with Gasteiger partial charge in [0, 0.05) is 13.0 Å². The number of amides is 1. The van der Waals surface area contributed by atoms with Crippen LogP contribution in [0.25, 0.3) is 0 Å². The van der Waals surface area contributed by atoms with E-state index in [-0.39, 0.29) is 19.6 Å². The molecule has 0 unspecified atom stereocenters. The van der Waals surface area contributed by atoms with Gasteiger partial charge in [0.2, 0.25) is 5.91 Å². The summed E-state index contributed by atoms with van der Waals surface area (Å²) in [4.78, 5) is 13.1. The SMILES string of the molecule is N#Cc1ccc(CN(CC(F)(F)F)C(=O)CCCOc2ccccc2)cc1. The molecule has 7 heteroatoms. The number of hydrogen-bond acceptors (Lipinski definition) is 3. The fourth-order valence-corrected chi connectivity index (χ4v) is 2.44. The minimum atomic E-state index is -4.48. The summed E-state index contributed by atoms with van der Waals surface area (Å²) in [5.74, 6) is 0.0584. The van der Waals surface area contributed by atoms with Crippen molar-refractivity contribution in [2.24, 2.45) is 0 Å². The van der Waals surface area contributed by atoms with Crippen LogP contribution in [0.5, 0.6) is 5.75 Å². The molecule has 0 fully saturated rings. The molecule has 2 aromatic rings. The lowest BCUT2D eigenvalue weighted by molar-refractivity contribution is -0.162.